The highest BCUT2D eigenvalue weighted by molar-refractivity contribution is 8.15. The number of nitrogens with zero attached hydrogens (tertiary/aromatic N) is 3. The van der Waals surface area contributed by atoms with Gasteiger partial charge in [-0.05, 0) is 31.4 Å². The maximum absolute atomic E-state index is 13.6. The molecule has 1 aliphatic rings. The summed E-state index contributed by atoms with van der Waals surface area (Å²) in [6, 6.07) is 8.75. The van der Waals surface area contributed by atoms with Gasteiger partial charge < -0.3 is 16.0 Å². The fourth-order valence-corrected chi connectivity index (χ4v) is 6.43. The van der Waals surface area contributed by atoms with Gasteiger partial charge in [0.25, 0.3) is 0 Å². The van der Waals surface area contributed by atoms with Crippen LogP contribution in [0.3, 0.4) is 0 Å². The summed E-state index contributed by atoms with van der Waals surface area (Å²) >= 11 is 0.983. The molecule has 2 atom stereocenters. The summed E-state index contributed by atoms with van der Waals surface area (Å²) in [5, 5.41) is 6.97. The number of hydrogen-bond donors (Lipinski definition) is 2. The Balaban J connectivity index is 2.71. The second-order valence-corrected chi connectivity index (χ2v) is 14.2. The average molecular weight is 512 g/mol. The van der Waals surface area contributed by atoms with E-state index in [0.717, 1.165) is 16.8 Å². The van der Waals surface area contributed by atoms with Gasteiger partial charge in [-0.2, -0.15) is 0 Å². The predicted octanol–water partition coefficient (Wildman–Crippen LogP) is 2.16. The SMILES string of the molecule is CN(C)CCS(=O)(=O)C(N)C1(c2ccccc2)SC(NC(=O)C(C)(C)C)=NN1C(=O)C(C)(C)C. The summed E-state index contributed by atoms with van der Waals surface area (Å²) in [6.07, 6.45) is 0. The molecule has 190 valence electrons. The van der Waals surface area contributed by atoms with E-state index in [9.17, 15) is 18.0 Å². The normalized spacial score (nSPS) is 20.3. The molecule has 0 radical (unpaired) electrons. The number of hydrazone groups is 1. The van der Waals surface area contributed by atoms with Crippen molar-refractivity contribution in [1.29, 1.82) is 0 Å². The molecule has 2 unspecified atom stereocenters. The van der Waals surface area contributed by atoms with E-state index >= 15 is 0 Å². The Hall–Kier alpha value is -1.95. The third kappa shape index (κ3) is 5.99. The zero-order valence-corrected chi connectivity index (χ0v) is 22.9. The molecule has 0 aromatic heterocycles. The molecule has 1 aromatic carbocycles. The number of amides is 2. The van der Waals surface area contributed by atoms with E-state index in [1.807, 2.05) is 0 Å². The average Bonchev–Trinajstić information content (AvgIpc) is 3.10. The number of benzene rings is 1. The van der Waals surface area contributed by atoms with Gasteiger partial charge in [-0.15, -0.1) is 5.10 Å². The first-order valence-electron chi connectivity index (χ1n) is 11.0. The number of amidine groups is 1. The minimum Gasteiger partial charge on any atom is -0.312 e. The number of carbonyl (C=O) groups excluding carboxylic acids is 2. The van der Waals surface area contributed by atoms with Crippen molar-refractivity contribution in [3.05, 3.63) is 35.9 Å². The molecule has 2 rings (SSSR count). The zero-order chi connectivity index (χ0) is 26.1. The molecule has 0 aliphatic carbocycles. The van der Waals surface area contributed by atoms with Gasteiger partial charge in [0.2, 0.25) is 11.8 Å². The molecule has 1 heterocycles. The zero-order valence-electron chi connectivity index (χ0n) is 21.2. The fraction of sp³-hybridized carbons (Fsp3) is 0.609. The summed E-state index contributed by atoms with van der Waals surface area (Å²) < 4.78 is 26.9. The highest BCUT2D eigenvalue weighted by Gasteiger charge is 2.58. The van der Waals surface area contributed by atoms with E-state index in [1.54, 1.807) is 90.9 Å². The smallest absolute Gasteiger partial charge is 0.249 e. The molecule has 1 aromatic rings. The van der Waals surface area contributed by atoms with Crippen LogP contribution < -0.4 is 11.1 Å². The van der Waals surface area contributed by atoms with E-state index in [-0.39, 0.29) is 23.4 Å². The van der Waals surface area contributed by atoms with Gasteiger partial charge in [-0.3, -0.25) is 9.59 Å². The minimum absolute atomic E-state index is 0.125. The summed E-state index contributed by atoms with van der Waals surface area (Å²) in [5.74, 6) is -0.922. The van der Waals surface area contributed by atoms with Crippen molar-refractivity contribution in [2.75, 3.05) is 26.4 Å². The van der Waals surface area contributed by atoms with Crippen LogP contribution in [-0.2, 0) is 24.3 Å². The number of carbonyl (C=O) groups is 2. The second kappa shape index (κ2) is 9.96. The van der Waals surface area contributed by atoms with Gasteiger partial charge in [0.15, 0.2) is 19.9 Å². The first-order chi connectivity index (χ1) is 15.4. The third-order valence-electron chi connectivity index (χ3n) is 5.28. The van der Waals surface area contributed by atoms with Gasteiger partial charge in [0, 0.05) is 17.4 Å². The van der Waals surface area contributed by atoms with Crippen molar-refractivity contribution >= 4 is 38.6 Å². The first-order valence-corrected chi connectivity index (χ1v) is 13.6. The molecule has 11 heteroatoms. The molecule has 1 aliphatic heterocycles. The highest BCUT2D eigenvalue weighted by Crippen LogP contribution is 2.50. The first kappa shape index (κ1) is 28.3. The van der Waals surface area contributed by atoms with Crippen molar-refractivity contribution in [1.82, 2.24) is 15.2 Å². The molecule has 2 amide bonds. The van der Waals surface area contributed by atoms with E-state index in [4.69, 9.17) is 5.73 Å². The standard InChI is InChI=1S/C23H37N5O4S2/c1-21(2,3)18(29)25-20-26-28(19(30)22(4,5)6)23(33-20,16-12-10-9-11-13-16)17(24)34(31,32)15-14-27(7)8/h9-13,17H,14-15,24H2,1-8H3,(H,25,26,29). The lowest BCUT2D eigenvalue weighted by molar-refractivity contribution is -0.143. The van der Waals surface area contributed by atoms with Gasteiger partial charge in [0.05, 0.1) is 5.75 Å². The van der Waals surface area contributed by atoms with Gasteiger partial charge in [0.1, 0.15) is 5.37 Å². The number of sulfone groups is 1. The molecule has 3 N–H and O–H groups in total. The van der Waals surface area contributed by atoms with Crippen LogP contribution >= 0.6 is 11.8 Å². The van der Waals surface area contributed by atoms with Crippen molar-refractivity contribution in [3.8, 4) is 0 Å². The van der Waals surface area contributed by atoms with Crippen molar-refractivity contribution in [2.24, 2.45) is 21.7 Å². The van der Waals surface area contributed by atoms with Gasteiger partial charge in [-0.25, -0.2) is 13.4 Å². The largest absolute Gasteiger partial charge is 0.312 e. The number of hydrogen-bond acceptors (Lipinski definition) is 8. The Morgan fingerprint density at radius 1 is 1.12 bits per heavy atom. The maximum Gasteiger partial charge on any atom is 0.249 e. The van der Waals surface area contributed by atoms with Gasteiger partial charge >= 0.3 is 0 Å². The molecule has 0 saturated heterocycles. The van der Waals surface area contributed by atoms with Gasteiger partial charge in [-0.1, -0.05) is 71.9 Å². The maximum atomic E-state index is 13.6. The van der Waals surface area contributed by atoms with Crippen LogP contribution in [0.15, 0.2) is 35.4 Å². The van der Waals surface area contributed by atoms with E-state index in [1.165, 1.54) is 0 Å². The van der Waals surface area contributed by atoms with Crippen LogP contribution in [0.25, 0.3) is 0 Å². The molecule has 0 saturated carbocycles. The van der Waals surface area contributed by atoms with Crippen LogP contribution in [0, 0.1) is 10.8 Å². The molecule has 0 bridgehead atoms. The second-order valence-electron chi connectivity index (χ2n) is 10.7. The topological polar surface area (TPSA) is 125 Å². The van der Waals surface area contributed by atoms with E-state index in [0.29, 0.717) is 5.56 Å². The number of nitrogens with one attached hydrogen (secondary N) is 1. The Labute approximate surface area is 207 Å². The predicted molar refractivity (Wildman–Crippen MR) is 137 cm³/mol. The Bertz CT molecular complexity index is 1040. The van der Waals surface area contributed by atoms with Crippen LogP contribution in [0.5, 0.6) is 0 Å². The Kier molecular flexibility index (Phi) is 8.29. The Morgan fingerprint density at radius 3 is 2.15 bits per heavy atom. The third-order valence-corrected chi connectivity index (χ3v) is 8.64. The summed E-state index contributed by atoms with van der Waals surface area (Å²) in [7, 11) is -0.353. The monoisotopic (exact) mass is 511 g/mol. The number of nitrogens with two attached hydrogens (primary N) is 1. The molecule has 9 nitrogen and oxygen atoms in total. The minimum atomic E-state index is -3.90. The highest BCUT2D eigenvalue weighted by atomic mass is 32.2. The van der Waals surface area contributed by atoms with Crippen molar-refractivity contribution in [3.63, 3.8) is 0 Å². The van der Waals surface area contributed by atoms with Crippen LogP contribution in [0.4, 0.5) is 0 Å². The Morgan fingerprint density at radius 2 is 1.68 bits per heavy atom. The van der Waals surface area contributed by atoms with E-state index < -0.39 is 36.8 Å². The fourth-order valence-electron chi connectivity index (χ4n) is 3.11. The molecule has 0 spiro atoms. The number of rotatable bonds is 6. The lowest BCUT2D eigenvalue weighted by atomic mass is 9.93. The summed E-state index contributed by atoms with van der Waals surface area (Å²) in [4.78, 5) is 26.5. The summed E-state index contributed by atoms with van der Waals surface area (Å²) in [6.45, 7) is 10.7. The lowest BCUT2D eigenvalue weighted by Crippen LogP contribution is -2.59. The number of thioether (sulfide) groups is 1. The lowest BCUT2D eigenvalue weighted by Gasteiger charge is -2.41. The molecular formula is C23H37N5O4S2. The van der Waals surface area contributed by atoms with Crippen LogP contribution in [0.1, 0.15) is 47.1 Å². The van der Waals surface area contributed by atoms with E-state index in [2.05, 4.69) is 10.4 Å². The van der Waals surface area contributed by atoms with Crippen LogP contribution in [0.2, 0.25) is 0 Å². The molecule has 0 fully saturated rings. The quantitative estimate of drug-likeness (QED) is 0.599. The molecule has 34 heavy (non-hydrogen) atoms. The van der Waals surface area contributed by atoms with Crippen LogP contribution in [-0.4, -0.2) is 67.1 Å². The summed E-state index contributed by atoms with van der Waals surface area (Å²) in [5.41, 5.74) is 5.44. The van der Waals surface area contributed by atoms with Crippen molar-refractivity contribution < 1.29 is 18.0 Å². The van der Waals surface area contributed by atoms with Crippen molar-refractivity contribution in [2.45, 2.75) is 51.8 Å². The molecular weight excluding hydrogens is 474 g/mol.